The van der Waals surface area contributed by atoms with E-state index >= 15 is 0 Å². The van der Waals surface area contributed by atoms with E-state index in [-0.39, 0.29) is 11.9 Å². The Morgan fingerprint density at radius 3 is 2.76 bits per heavy atom. The molecule has 0 aliphatic carbocycles. The van der Waals surface area contributed by atoms with E-state index in [0.717, 1.165) is 22.2 Å². The molecule has 4 aromatic rings. The van der Waals surface area contributed by atoms with Crippen LogP contribution in [0.1, 0.15) is 10.4 Å². The van der Waals surface area contributed by atoms with Crippen LogP contribution in [-0.2, 0) is 14.1 Å². The lowest BCUT2D eigenvalue weighted by Crippen LogP contribution is -2.13. The van der Waals surface area contributed by atoms with E-state index in [2.05, 4.69) is 25.4 Å². The number of rotatable bonds is 3. The van der Waals surface area contributed by atoms with Crippen molar-refractivity contribution in [1.82, 2.24) is 29.3 Å². The molecule has 0 fully saturated rings. The number of benzene rings is 1. The van der Waals surface area contributed by atoms with Crippen LogP contribution in [-0.4, -0.2) is 35.2 Å². The summed E-state index contributed by atoms with van der Waals surface area (Å²) in [6.45, 7) is 0. The number of hydrogen-bond donors (Lipinski definition) is 1. The molecule has 0 aliphatic heterocycles. The fraction of sp³-hybridized carbons (Fsp3) is 0.118. The first kappa shape index (κ1) is 15.0. The number of amides is 1. The van der Waals surface area contributed by atoms with Crippen molar-refractivity contribution in [2.75, 3.05) is 5.32 Å². The summed E-state index contributed by atoms with van der Waals surface area (Å²) < 4.78 is 3.50. The van der Waals surface area contributed by atoms with Gasteiger partial charge in [0.15, 0.2) is 0 Å². The number of imidazole rings is 1. The molecule has 8 heteroatoms. The molecule has 4 rings (SSSR count). The van der Waals surface area contributed by atoms with E-state index in [1.54, 1.807) is 36.6 Å². The highest BCUT2D eigenvalue weighted by molar-refractivity contribution is 6.03. The minimum atomic E-state index is -0.296. The molecule has 8 nitrogen and oxygen atoms in total. The van der Waals surface area contributed by atoms with Gasteiger partial charge in [-0.15, -0.1) is 0 Å². The zero-order valence-electron chi connectivity index (χ0n) is 13.7. The molecule has 25 heavy (non-hydrogen) atoms. The van der Waals surface area contributed by atoms with Crippen LogP contribution in [0.5, 0.6) is 0 Å². The number of nitrogens with zero attached hydrogens (tertiary/aromatic N) is 6. The predicted octanol–water partition coefficient (Wildman–Crippen LogP) is 2.02. The summed E-state index contributed by atoms with van der Waals surface area (Å²) in [4.78, 5) is 25.0. The topological polar surface area (TPSA) is 90.5 Å². The van der Waals surface area contributed by atoms with Gasteiger partial charge >= 0.3 is 0 Å². The Morgan fingerprint density at radius 2 is 2.04 bits per heavy atom. The summed E-state index contributed by atoms with van der Waals surface area (Å²) in [6.07, 6.45) is 8.37. The van der Waals surface area contributed by atoms with Crippen LogP contribution < -0.4 is 5.32 Å². The number of carbonyl (C=O) groups excluding carboxylic acids is 1. The molecular formula is C17H15N7O. The molecule has 0 radical (unpaired) electrons. The van der Waals surface area contributed by atoms with E-state index in [9.17, 15) is 4.79 Å². The molecular weight excluding hydrogens is 318 g/mol. The fourth-order valence-corrected chi connectivity index (χ4v) is 2.59. The van der Waals surface area contributed by atoms with Crippen LogP contribution in [0.3, 0.4) is 0 Å². The largest absolute Gasteiger partial charge is 0.334 e. The summed E-state index contributed by atoms with van der Waals surface area (Å²) >= 11 is 0. The Bertz CT molecular complexity index is 1080. The van der Waals surface area contributed by atoms with Crippen molar-refractivity contribution in [3.8, 4) is 11.3 Å². The molecule has 124 valence electrons. The molecule has 1 aromatic carbocycles. The van der Waals surface area contributed by atoms with Crippen molar-refractivity contribution in [2.45, 2.75) is 0 Å². The first-order valence-electron chi connectivity index (χ1n) is 7.63. The van der Waals surface area contributed by atoms with E-state index in [1.807, 2.05) is 29.8 Å². The highest BCUT2D eigenvalue weighted by Gasteiger charge is 2.11. The minimum Gasteiger partial charge on any atom is -0.334 e. The molecule has 0 spiro atoms. The van der Waals surface area contributed by atoms with Crippen LogP contribution >= 0.6 is 0 Å². The smallest absolute Gasteiger partial charge is 0.261 e. The van der Waals surface area contributed by atoms with Gasteiger partial charge in [-0.1, -0.05) is 12.1 Å². The molecule has 0 bridgehead atoms. The molecule has 0 atom stereocenters. The van der Waals surface area contributed by atoms with E-state index in [4.69, 9.17) is 0 Å². The molecule has 3 aromatic heterocycles. The van der Waals surface area contributed by atoms with Gasteiger partial charge in [-0.25, -0.2) is 15.0 Å². The van der Waals surface area contributed by atoms with Crippen molar-refractivity contribution in [3.05, 3.63) is 54.9 Å². The average Bonchev–Trinajstić information content (AvgIpc) is 3.22. The second-order valence-electron chi connectivity index (χ2n) is 5.71. The number of hydrogen-bond acceptors (Lipinski definition) is 5. The Morgan fingerprint density at radius 1 is 1.16 bits per heavy atom. The molecule has 3 heterocycles. The lowest BCUT2D eigenvalue weighted by atomic mass is 10.1. The van der Waals surface area contributed by atoms with Crippen molar-refractivity contribution in [3.63, 3.8) is 0 Å². The van der Waals surface area contributed by atoms with Crippen molar-refractivity contribution in [2.24, 2.45) is 14.1 Å². The number of nitrogens with one attached hydrogen (secondary N) is 1. The second-order valence-corrected chi connectivity index (χ2v) is 5.71. The fourth-order valence-electron chi connectivity index (χ4n) is 2.59. The van der Waals surface area contributed by atoms with Gasteiger partial charge in [0.25, 0.3) is 5.91 Å². The summed E-state index contributed by atoms with van der Waals surface area (Å²) in [6, 6.07) is 5.90. The Labute approximate surface area is 143 Å². The number of anilines is 1. The Hall–Kier alpha value is -3.55. The number of carbonyl (C=O) groups is 1. The van der Waals surface area contributed by atoms with Gasteiger partial charge in [-0.05, 0) is 6.07 Å². The predicted molar refractivity (Wildman–Crippen MR) is 92.9 cm³/mol. The molecule has 0 saturated heterocycles. The van der Waals surface area contributed by atoms with Crippen LogP contribution in [0.2, 0.25) is 0 Å². The molecule has 1 amide bonds. The van der Waals surface area contributed by atoms with Gasteiger partial charge < -0.3 is 4.57 Å². The third-order valence-electron chi connectivity index (χ3n) is 3.89. The molecule has 0 aliphatic rings. The highest BCUT2D eigenvalue weighted by Crippen LogP contribution is 2.23. The number of aryl methyl sites for hydroxylation is 2. The lowest BCUT2D eigenvalue weighted by molar-refractivity contribution is 0.102. The maximum atomic E-state index is 12.2. The second kappa shape index (κ2) is 5.82. The van der Waals surface area contributed by atoms with Gasteiger partial charge in [-0.3, -0.25) is 14.8 Å². The SMILES string of the molecule is Cn1cc(C(=O)Nc2ncc3ccc(-c4cncn4C)cc3n2)cn1. The van der Waals surface area contributed by atoms with Gasteiger partial charge in [0, 0.05) is 37.4 Å². The van der Waals surface area contributed by atoms with Gasteiger partial charge in [0.05, 0.1) is 35.5 Å². The maximum absolute atomic E-state index is 12.2. The number of fused-ring (bicyclic) bond motifs is 1. The third kappa shape index (κ3) is 2.85. The van der Waals surface area contributed by atoms with Crippen LogP contribution in [0, 0.1) is 0 Å². The lowest BCUT2D eigenvalue weighted by Gasteiger charge is -2.06. The quantitative estimate of drug-likeness (QED) is 0.619. The van der Waals surface area contributed by atoms with E-state index in [0.29, 0.717) is 5.56 Å². The molecule has 1 N–H and O–H groups in total. The highest BCUT2D eigenvalue weighted by atomic mass is 16.1. The minimum absolute atomic E-state index is 0.253. The zero-order valence-corrected chi connectivity index (χ0v) is 13.7. The summed E-state index contributed by atoms with van der Waals surface area (Å²) in [5.74, 6) is -0.0428. The Kier molecular flexibility index (Phi) is 3.50. The molecule has 0 unspecified atom stereocenters. The van der Waals surface area contributed by atoms with Crippen LogP contribution in [0.25, 0.3) is 22.2 Å². The zero-order chi connectivity index (χ0) is 17.4. The summed E-state index contributed by atoms with van der Waals surface area (Å²) in [5, 5.41) is 7.58. The normalized spacial score (nSPS) is 11.0. The third-order valence-corrected chi connectivity index (χ3v) is 3.89. The van der Waals surface area contributed by atoms with Gasteiger partial charge in [-0.2, -0.15) is 5.10 Å². The van der Waals surface area contributed by atoms with Crippen molar-refractivity contribution in [1.29, 1.82) is 0 Å². The van der Waals surface area contributed by atoms with E-state index in [1.165, 1.54) is 6.20 Å². The first-order valence-corrected chi connectivity index (χ1v) is 7.63. The van der Waals surface area contributed by atoms with Crippen LogP contribution in [0.15, 0.2) is 49.3 Å². The summed E-state index contributed by atoms with van der Waals surface area (Å²) in [5.41, 5.74) is 3.18. The maximum Gasteiger partial charge on any atom is 0.261 e. The van der Waals surface area contributed by atoms with E-state index < -0.39 is 0 Å². The van der Waals surface area contributed by atoms with Crippen molar-refractivity contribution < 1.29 is 4.79 Å². The monoisotopic (exact) mass is 333 g/mol. The van der Waals surface area contributed by atoms with Crippen molar-refractivity contribution >= 4 is 22.8 Å². The van der Waals surface area contributed by atoms with Gasteiger partial charge in [0.1, 0.15) is 0 Å². The molecule has 0 saturated carbocycles. The van der Waals surface area contributed by atoms with Gasteiger partial charge in [0.2, 0.25) is 5.95 Å². The first-order chi connectivity index (χ1) is 12.1. The average molecular weight is 333 g/mol. The Balaban J connectivity index is 1.67. The van der Waals surface area contributed by atoms with Crippen LogP contribution in [0.4, 0.5) is 5.95 Å². The summed E-state index contributed by atoms with van der Waals surface area (Å²) in [7, 11) is 3.69. The number of aromatic nitrogens is 6. The standard InChI is InChI=1S/C17H15N7O/c1-23-10-18-8-15(23)11-3-4-12-6-19-17(21-14(12)5-11)22-16(25)13-7-20-24(2)9-13/h3-10H,1-2H3,(H,19,21,22,25).